The molecule has 0 aliphatic rings. The molecule has 0 fully saturated rings. The van der Waals surface area contributed by atoms with E-state index in [0.717, 1.165) is 13.7 Å². The Kier molecular flexibility index (Phi) is 4.64. The van der Waals surface area contributed by atoms with E-state index in [2.05, 4.69) is 43.5 Å². The van der Waals surface area contributed by atoms with Gasteiger partial charge in [-0.2, -0.15) is 0 Å². The molecule has 2 aromatic carbocycles. The minimum Gasteiger partial charge on any atom is -0.506 e. The fourth-order valence-corrected chi connectivity index (χ4v) is 2.55. The first-order valence-corrected chi connectivity index (χ1v) is 7.29. The van der Waals surface area contributed by atoms with Crippen LogP contribution < -0.4 is 0 Å². The van der Waals surface area contributed by atoms with Crippen molar-refractivity contribution in [2.75, 3.05) is 0 Å². The molecular formula is C13H8BrClINO. The second-order valence-corrected chi connectivity index (χ2v) is 6.13. The van der Waals surface area contributed by atoms with Crippen molar-refractivity contribution in [2.45, 2.75) is 0 Å². The van der Waals surface area contributed by atoms with Gasteiger partial charge in [0.1, 0.15) is 5.75 Å². The summed E-state index contributed by atoms with van der Waals surface area (Å²) in [6.07, 6.45) is 1.59. The molecule has 0 heterocycles. The Morgan fingerprint density at radius 1 is 1.22 bits per heavy atom. The van der Waals surface area contributed by atoms with Crippen LogP contribution >= 0.6 is 50.1 Å². The van der Waals surface area contributed by atoms with Gasteiger partial charge in [0.2, 0.25) is 0 Å². The van der Waals surface area contributed by atoms with E-state index in [9.17, 15) is 5.11 Å². The van der Waals surface area contributed by atoms with Crippen molar-refractivity contribution in [2.24, 2.45) is 4.99 Å². The van der Waals surface area contributed by atoms with Gasteiger partial charge in [-0.3, -0.25) is 4.99 Å². The molecule has 5 heteroatoms. The van der Waals surface area contributed by atoms with Crippen LogP contribution in [0.3, 0.4) is 0 Å². The van der Waals surface area contributed by atoms with E-state index in [1.807, 2.05) is 24.3 Å². The fourth-order valence-electron chi connectivity index (χ4n) is 1.36. The van der Waals surface area contributed by atoms with Crippen LogP contribution in [0.1, 0.15) is 5.56 Å². The molecular weight excluding hydrogens is 428 g/mol. The highest BCUT2D eigenvalue weighted by Gasteiger charge is 2.05. The van der Waals surface area contributed by atoms with E-state index in [-0.39, 0.29) is 5.75 Å². The van der Waals surface area contributed by atoms with Crippen molar-refractivity contribution in [1.29, 1.82) is 0 Å². The van der Waals surface area contributed by atoms with Crippen LogP contribution in [0.5, 0.6) is 5.75 Å². The summed E-state index contributed by atoms with van der Waals surface area (Å²) in [6, 6.07) is 11.2. The minimum absolute atomic E-state index is 0.0362. The monoisotopic (exact) mass is 435 g/mol. The Morgan fingerprint density at radius 2 is 1.89 bits per heavy atom. The molecule has 0 bridgehead atoms. The summed E-state index contributed by atoms with van der Waals surface area (Å²) in [5, 5.41) is 10.1. The van der Waals surface area contributed by atoms with E-state index in [0.29, 0.717) is 10.6 Å². The third-order valence-corrected chi connectivity index (χ3v) is 3.70. The molecule has 2 nitrogen and oxygen atoms in total. The quantitative estimate of drug-likeness (QED) is 0.512. The molecule has 0 saturated heterocycles. The van der Waals surface area contributed by atoms with E-state index < -0.39 is 0 Å². The second-order valence-electron chi connectivity index (χ2n) is 3.56. The summed E-state index contributed by atoms with van der Waals surface area (Å²) >= 11 is 11.4. The van der Waals surface area contributed by atoms with E-state index in [1.165, 1.54) is 0 Å². The highest BCUT2D eigenvalue weighted by atomic mass is 127. The van der Waals surface area contributed by atoms with Crippen molar-refractivity contribution >= 4 is 62.0 Å². The lowest BCUT2D eigenvalue weighted by atomic mass is 10.2. The molecule has 0 aliphatic carbocycles. The highest BCUT2D eigenvalue weighted by Crippen LogP contribution is 2.30. The van der Waals surface area contributed by atoms with Crippen molar-refractivity contribution in [3.63, 3.8) is 0 Å². The van der Waals surface area contributed by atoms with Crippen molar-refractivity contribution in [3.05, 3.63) is 55.0 Å². The zero-order valence-corrected chi connectivity index (χ0v) is 13.6. The fraction of sp³-hybridized carbons (Fsp3) is 0. The Bertz CT molecular complexity index is 599. The molecule has 2 rings (SSSR count). The van der Waals surface area contributed by atoms with Gasteiger partial charge in [-0.1, -0.05) is 27.5 Å². The molecule has 0 saturated carbocycles. The van der Waals surface area contributed by atoms with Crippen molar-refractivity contribution in [1.82, 2.24) is 0 Å². The van der Waals surface area contributed by atoms with E-state index >= 15 is 0 Å². The first-order chi connectivity index (χ1) is 8.56. The van der Waals surface area contributed by atoms with E-state index in [1.54, 1.807) is 18.3 Å². The number of phenolic OH excluding ortho intramolecular Hbond substituents is 1. The zero-order valence-electron chi connectivity index (χ0n) is 9.07. The maximum absolute atomic E-state index is 9.80. The molecule has 0 spiro atoms. The summed E-state index contributed by atoms with van der Waals surface area (Å²) in [4.78, 5) is 4.29. The van der Waals surface area contributed by atoms with Crippen molar-refractivity contribution in [3.8, 4) is 5.75 Å². The number of aromatic hydroxyl groups is 1. The third-order valence-electron chi connectivity index (χ3n) is 2.24. The largest absolute Gasteiger partial charge is 0.506 e. The SMILES string of the molecule is Oc1c(Cl)cc(Br)cc1C=Nc1ccc(I)cc1. The topological polar surface area (TPSA) is 32.6 Å². The molecule has 2 aromatic rings. The number of hydrogen-bond donors (Lipinski definition) is 1. The van der Waals surface area contributed by atoms with Crippen LogP contribution in [0.2, 0.25) is 5.02 Å². The Morgan fingerprint density at radius 3 is 2.56 bits per heavy atom. The smallest absolute Gasteiger partial charge is 0.143 e. The van der Waals surface area contributed by atoms with Crippen molar-refractivity contribution < 1.29 is 5.11 Å². The summed E-state index contributed by atoms with van der Waals surface area (Å²) in [5.74, 6) is 0.0362. The van der Waals surface area contributed by atoms with Crippen LogP contribution in [-0.2, 0) is 0 Å². The summed E-state index contributed by atoms with van der Waals surface area (Å²) in [5.41, 5.74) is 1.40. The van der Waals surface area contributed by atoms with Gasteiger partial charge in [-0.25, -0.2) is 0 Å². The van der Waals surface area contributed by atoms with E-state index in [4.69, 9.17) is 11.6 Å². The Balaban J connectivity index is 2.31. The lowest BCUT2D eigenvalue weighted by Crippen LogP contribution is -1.84. The zero-order chi connectivity index (χ0) is 13.1. The number of aliphatic imine (C=N–C) groups is 1. The third kappa shape index (κ3) is 3.46. The van der Waals surface area contributed by atoms with Crippen LogP contribution in [0.4, 0.5) is 5.69 Å². The van der Waals surface area contributed by atoms with Gasteiger partial charge >= 0.3 is 0 Å². The summed E-state index contributed by atoms with van der Waals surface area (Å²) in [7, 11) is 0. The average molecular weight is 436 g/mol. The standard InChI is InChI=1S/C13H8BrClINO/c14-9-5-8(13(18)12(15)6-9)7-17-11-3-1-10(16)2-4-11/h1-7,18H. The van der Waals surface area contributed by atoms with Gasteiger partial charge < -0.3 is 5.11 Å². The van der Waals surface area contributed by atoms with Crippen LogP contribution in [0.25, 0.3) is 0 Å². The second kappa shape index (κ2) is 6.04. The van der Waals surface area contributed by atoms with Gasteiger partial charge in [0.15, 0.2) is 0 Å². The molecule has 0 unspecified atom stereocenters. The number of halogens is 3. The first-order valence-electron chi connectivity index (χ1n) is 5.04. The van der Waals surface area contributed by atoms with Crippen LogP contribution in [0.15, 0.2) is 45.9 Å². The maximum Gasteiger partial charge on any atom is 0.143 e. The highest BCUT2D eigenvalue weighted by molar-refractivity contribution is 14.1. The molecule has 0 aromatic heterocycles. The maximum atomic E-state index is 9.80. The van der Waals surface area contributed by atoms with Gasteiger partial charge in [0.05, 0.1) is 10.7 Å². The first kappa shape index (κ1) is 13.8. The lowest BCUT2D eigenvalue weighted by Gasteiger charge is -2.02. The number of benzene rings is 2. The summed E-state index contributed by atoms with van der Waals surface area (Å²) < 4.78 is 1.95. The number of hydrogen-bond acceptors (Lipinski definition) is 2. The molecule has 0 amide bonds. The van der Waals surface area contributed by atoms with Crippen LogP contribution in [-0.4, -0.2) is 11.3 Å². The molecule has 92 valence electrons. The average Bonchev–Trinajstić information content (AvgIpc) is 2.34. The molecule has 18 heavy (non-hydrogen) atoms. The number of rotatable bonds is 2. The minimum atomic E-state index is 0.0362. The van der Waals surface area contributed by atoms with Gasteiger partial charge in [0.25, 0.3) is 0 Å². The van der Waals surface area contributed by atoms with Gasteiger partial charge in [0, 0.05) is 19.8 Å². The van der Waals surface area contributed by atoms with Gasteiger partial charge in [-0.05, 0) is 59.0 Å². The predicted octanol–water partition coefficient (Wildman–Crippen LogP) is 5.16. The molecule has 0 atom stereocenters. The number of nitrogens with zero attached hydrogens (tertiary/aromatic N) is 1. The van der Waals surface area contributed by atoms with Gasteiger partial charge in [-0.15, -0.1) is 0 Å². The molecule has 0 radical (unpaired) electrons. The summed E-state index contributed by atoms with van der Waals surface area (Å²) in [6.45, 7) is 0. The Hall–Kier alpha value is -0.590. The Labute approximate surface area is 132 Å². The lowest BCUT2D eigenvalue weighted by molar-refractivity contribution is 0.474. The normalized spacial score (nSPS) is 11.1. The number of phenols is 1. The molecule has 1 N–H and O–H groups in total. The molecule has 0 aliphatic heterocycles. The predicted molar refractivity (Wildman–Crippen MR) is 87.2 cm³/mol. The van der Waals surface area contributed by atoms with Crippen LogP contribution in [0, 0.1) is 3.57 Å².